The van der Waals surface area contributed by atoms with E-state index in [1.54, 1.807) is 18.2 Å². The average molecular weight is 376 g/mol. The molecular formula is C12H8BrClN2O3S. The number of carboxylic acid groups (broad SMARTS) is 1. The Labute approximate surface area is 131 Å². The molecule has 2 rings (SSSR count). The van der Waals surface area contributed by atoms with Crippen molar-refractivity contribution in [1.29, 1.82) is 0 Å². The van der Waals surface area contributed by atoms with Crippen molar-refractivity contribution in [1.82, 2.24) is 4.98 Å². The molecule has 2 N–H and O–H groups in total. The van der Waals surface area contributed by atoms with E-state index < -0.39 is 5.97 Å². The zero-order valence-electron chi connectivity index (χ0n) is 10.1. The van der Waals surface area contributed by atoms with Gasteiger partial charge in [0.15, 0.2) is 16.6 Å². The average Bonchev–Trinajstić information content (AvgIpc) is 2.78. The van der Waals surface area contributed by atoms with Crippen molar-refractivity contribution >= 4 is 61.4 Å². The van der Waals surface area contributed by atoms with Crippen molar-refractivity contribution in [3.8, 4) is 0 Å². The second kappa shape index (κ2) is 5.90. The van der Waals surface area contributed by atoms with Gasteiger partial charge >= 0.3 is 5.97 Å². The Morgan fingerprint density at radius 2 is 2.15 bits per heavy atom. The number of aromatic nitrogens is 1. The van der Waals surface area contributed by atoms with Crippen molar-refractivity contribution in [2.24, 2.45) is 0 Å². The number of benzene rings is 1. The Kier molecular flexibility index (Phi) is 4.42. The van der Waals surface area contributed by atoms with Crippen LogP contribution >= 0.6 is 38.9 Å². The van der Waals surface area contributed by atoms with Crippen LogP contribution in [0.1, 0.15) is 27.1 Å². The lowest BCUT2D eigenvalue weighted by atomic mass is 10.3. The topological polar surface area (TPSA) is 79.3 Å². The Morgan fingerprint density at radius 1 is 1.45 bits per heavy atom. The molecule has 1 heterocycles. The molecule has 8 heteroatoms. The number of carboxylic acids is 1. The summed E-state index contributed by atoms with van der Waals surface area (Å²) in [5.41, 5.74) is 0.318. The Hall–Kier alpha value is -1.44. The number of halogens is 2. The van der Waals surface area contributed by atoms with Gasteiger partial charge in [0.2, 0.25) is 0 Å². The number of nitrogens with one attached hydrogen (secondary N) is 1. The highest BCUT2D eigenvalue weighted by Gasteiger charge is 2.20. The molecule has 0 spiro atoms. The maximum absolute atomic E-state index is 11.4. The Morgan fingerprint density at radius 3 is 2.70 bits per heavy atom. The maximum Gasteiger partial charge on any atom is 0.356 e. The first-order valence-electron chi connectivity index (χ1n) is 5.35. The monoisotopic (exact) mass is 374 g/mol. The van der Waals surface area contributed by atoms with Gasteiger partial charge < -0.3 is 10.4 Å². The van der Waals surface area contributed by atoms with Crippen LogP contribution in [0.3, 0.4) is 0 Å². The van der Waals surface area contributed by atoms with Crippen LogP contribution in [0.4, 0.5) is 10.8 Å². The summed E-state index contributed by atoms with van der Waals surface area (Å²) in [4.78, 5) is 26.5. The van der Waals surface area contributed by atoms with E-state index in [0.29, 0.717) is 15.8 Å². The van der Waals surface area contributed by atoms with Gasteiger partial charge in [-0.05, 0) is 18.2 Å². The highest BCUT2D eigenvalue weighted by Crippen LogP contribution is 2.31. The van der Waals surface area contributed by atoms with Gasteiger partial charge in [-0.3, -0.25) is 4.79 Å². The summed E-state index contributed by atoms with van der Waals surface area (Å²) < 4.78 is 0.811. The molecule has 0 saturated carbocycles. The Bertz CT molecular complexity index is 671. The summed E-state index contributed by atoms with van der Waals surface area (Å²) in [6.07, 6.45) is 0. The van der Waals surface area contributed by atoms with Crippen LogP contribution in [0, 0.1) is 0 Å². The molecule has 104 valence electrons. The number of thiazole rings is 1. The molecule has 1 aromatic heterocycles. The third-order valence-corrected chi connectivity index (χ3v) is 4.21. The number of Topliss-reactive ketones (excluding diaryl/α,β-unsaturated/α-hetero) is 1. The molecule has 0 unspecified atom stereocenters. The fraction of sp³-hybridized carbons (Fsp3) is 0.0833. The number of anilines is 2. The second-order valence-electron chi connectivity index (χ2n) is 3.81. The van der Waals surface area contributed by atoms with Gasteiger partial charge in [0, 0.05) is 11.4 Å². The first-order chi connectivity index (χ1) is 9.38. The smallest absolute Gasteiger partial charge is 0.356 e. The number of carbonyl (C=O) groups is 2. The predicted molar refractivity (Wildman–Crippen MR) is 81.5 cm³/mol. The van der Waals surface area contributed by atoms with E-state index in [4.69, 9.17) is 16.7 Å². The summed E-state index contributed by atoms with van der Waals surface area (Å²) in [6, 6.07) is 5.20. The van der Waals surface area contributed by atoms with E-state index in [1.165, 1.54) is 6.92 Å². The molecule has 0 saturated heterocycles. The maximum atomic E-state index is 11.4. The van der Waals surface area contributed by atoms with Gasteiger partial charge in [-0.15, -0.1) is 0 Å². The van der Waals surface area contributed by atoms with Crippen molar-refractivity contribution in [3.05, 3.63) is 38.3 Å². The van der Waals surface area contributed by atoms with E-state index in [0.717, 1.165) is 15.8 Å². The predicted octanol–water partition coefficient (Wildman–Crippen LogP) is 4.20. The van der Waals surface area contributed by atoms with Gasteiger partial charge in [-0.1, -0.05) is 38.9 Å². The fourth-order valence-corrected chi connectivity index (χ4v) is 2.86. The second-order valence-corrected chi connectivity index (χ2v) is 6.13. The normalized spacial score (nSPS) is 10.3. The number of carbonyl (C=O) groups excluding carboxylic acids is 1. The van der Waals surface area contributed by atoms with E-state index in [9.17, 15) is 9.59 Å². The van der Waals surface area contributed by atoms with Gasteiger partial charge in [0.25, 0.3) is 0 Å². The SMILES string of the molecule is CC(=O)c1sc(Nc2cc(Br)ccc2Cl)nc1C(=O)O. The van der Waals surface area contributed by atoms with Crippen LogP contribution in [0.15, 0.2) is 22.7 Å². The molecule has 0 atom stereocenters. The number of ketones is 1. The quantitative estimate of drug-likeness (QED) is 0.783. The highest BCUT2D eigenvalue weighted by molar-refractivity contribution is 9.10. The Balaban J connectivity index is 2.39. The molecule has 5 nitrogen and oxygen atoms in total. The number of hydrogen-bond donors (Lipinski definition) is 2. The highest BCUT2D eigenvalue weighted by atomic mass is 79.9. The molecule has 1 aromatic carbocycles. The van der Waals surface area contributed by atoms with Gasteiger partial charge in [-0.25, -0.2) is 9.78 Å². The lowest BCUT2D eigenvalue weighted by Gasteiger charge is -2.05. The summed E-state index contributed by atoms with van der Waals surface area (Å²) >= 11 is 10.3. The van der Waals surface area contributed by atoms with Crippen LogP contribution in [0.2, 0.25) is 5.02 Å². The molecule has 0 aliphatic heterocycles. The van der Waals surface area contributed by atoms with Crippen LogP contribution < -0.4 is 5.32 Å². The molecule has 0 bridgehead atoms. The summed E-state index contributed by atoms with van der Waals surface area (Å²) in [5, 5.41) is 12.7. The number of aromatic carboxylic acids is 1. The van der Waals surface area contributed by atoms with E-state index >= 15 is 0 Å². The summed E-state index contributed by atoms with van der Waals surface area (Å²) in [5.74, 6) is -1.58. The number of hydrogen-bond acceptors (Lipinski definition) is 5. The standard InChI is InChI=1S/C12H8BrClN2O3S/c1-5(17)10-9(11(18)19)16-12(20-10)15-8-4-6(13)2-3-7(8)14/h2-4H,1H3,(H,15,16)(H,18,19). The van der Waals surface area contributed by atoms with E-state index in [-0.39, 0.29) is 16.4 Å². The van der Waals surface area contributed by atoms with Crippen LogP contribution in [-0.4, -0.2) is 21.8 Å². The molecule has 0 aliphatic rings. The number of nitrogens with zero attached hydrogens (tertiary/aromatic N) is 1. The van der Waals surface area contributed by atoms with E-state index in [1.807, 2.05) is 0 Å². The van der Waals surface area contributed by atoms with E-state index in [2.05, 4.69) is 26.2 Å². The summed E-state index contributed by atoms with van der Waals surface area (Å²) in [7, 11) is 0. The molecule has 0 fully saturated rings. The van der Waals surface area contributed by atoms with Crippen LogP contribution in [0.25, 0.3) is 0 Å². The molecule has 2 aromatic rings. The third kappa shape index (κ3) is 3.17. The van der Waals surface area contributed by atoms with Crippen molar-refractivity contribution in [2.45, 2.75) is 6.92 Å². The lowest BCUT2D eigenvalue weighted by molar-refractivity contribution is 0.0687. The van der Waals surface area contributed by atoms with Crippen molar-refractivity contribution in [2.75, 3.05) is 5.32 Å². The van der Waals surface area contributed by atoms with Crippen LogP contribution in [0.5, 0.6) is 0 Å². The molecule has 20 heavy (non-hydrogen) atoms. The minimum atomic E-state index is -1.24. The minimum absolute atomic E-state index is 0.103. The van der Waals surface area contributed by atoms with Gasteiger partial charge in [-0.2, -0.15) is 0 Å². The van der Waals surface area contributed by atoms with Gasteiger partial charge in [0.05, 0.1) is 10.7 Å². The van der Waals surface area contributed by atoms with Crippen molar-refractivity contribution in [3.63, 3.8) is 0 Å². The van der Waals surface area contributed by atoms with Gasteiger partial charge in [0.1, 0.15) is 4.88 Å². The largest absolute Gasteiger partial charge is 0.476 e. The lowest BCUT2D eigenvalue weighted by Crippen LogP contribution is -2.03. The third-order valence-electron chi connectivity index (χ3n) is 2.32. The zero-order valence-corrected chi connectivity index (χ0v) is 13.3. The molecule has 0 amide bonds. The molecule has 0 radical (unpaired) electrons. The molecular weight excluding hydrogens is 368 g/mol. The first-order valence-corrected chi connectivity index (χ1v) is 7.34. The first kappa shape index (κ1) is 15.0. The van der Waals surface area contributed by atoms with Crippen LogP contribution in [-0.2, 0) is 0 Å². The minimum Gasteiger partial charge on any atom is -0.476 e. The number of rotatable bonds is 4. The summed E-state index contributed by atoms with van der Waals surface area (Å²) in [6.45, 7) is 1.30. The van der Waals surface area contributed by atoms with Crippen molar-refractivity contribution < 1.29 is 14.7 Å². The fourth-order valence-electron chi connectivity index (χ4n) is 1.47. The zero-order chi connectivity index (χ0) is 14.9. The molecule has 0 aliphatic carbocycles.